The molecule has 0 aliphatic rings. The second kappa shape index (κ2) is 4.29. The average molecular weight is 211 g/mol. The van der Waals surface area contributed by atoms with Crippen molar-refractivity contribution in [2.24, 2.45) is 0 Å². The smallest absolute Gasteiger partial charge is 0.336 e. The van der Waals surface area contributed by atoms with Crippen LogP contribution >= 0.6 is 11.6 Å². The van der Waals surface area contributed by atoms with E-state index in [4.69, 9.17) is 16.7 Å². The lowest BCUT2D eigenvalue weighted by molar-refractivity contribution is -0.130. The first-order valence-corrected chi connectivity index (χ1v) is 4.57. The molecule has 1 N–H and O–H groups in total. The molecule has 14 heavy (non-hydrogen) atoms. The maximum absolute atomic E-state index is 11.0. The van der Waals surface area contributed by atoms with E-state index >= 15 is 0 Å². The number of rotatable bonds is 2. The van der Waals surface area contributed by atoms with Crippen LogP contribution in [0.1, 0.15) is 19.4 Å². The largest absolute Gasteiger partial charge is 0.478 e. The Morgan fingerprint density at radius 2 is 2.00 bits per heavy atom. The van der Waals surface area contributed by atoms with Crippen molar-refractivity contribution >= 4 is 23.1 Å². The van der Waals surface area contributed by atoms with E-state index in [1.165, 1.54) is 0 Å². The summed E-state index contributed by atoms with van der Waals surface area (Å²) in [6, 6.07) is 6.85. The highest BCUT2D eigenvalue weighted by Gasteiger charge is 2.11. The third-order valence-electron chi connectivity index (χ3n) is 1.83. The van der Waals surface area contributed by atoms with Gasteiger partial charge in [-0.1, -0.05) is 29.3 Å². The van der Waals surface area contributed by atoms with Gasteiger partial charge in [-0.05, 0) is 31.5 Å². The van der Waals surface area contributed by atoms with Crippen LogP contribution in [-0.4, -0.2) is 11.1 Å². The molecular weight excluding hydrogens is 200 g/mol. The van der Waals surface area contributed by atoms with E-state index < -0.39 is 5.97 Å². The van der Waals surface area contributed by atoms with Crippen LogP contribution < -0.4 is 0 Å². The molecule has 1 aromatic carbocycles. The molecule has 2 nitrogen and oxygen atoms in total. The Kier molecular flexibility index (Phi) is 3.31. The van der Waals surface area contributed by atoms with Gasteiger partial charge in [-0.25, -0.2) is 4.79 Å². The van der Waals surface area contributed by atoms with Gasteiger partial charge in [-0.2, -0.15) is 0 Å². The fraction of sp³-hybridized carbons (Fsp3) is 0.182. The van der Waals surface area contributed by atoms with Crippen LogP contribution in [0.5, 0.6) is 0 Å². The lowest BCUT2D eigenvalue weighted by Gasteiger charge is -2.05. The first-order chi connectivity index (χ1) is 6.52. The molecule has 0 saturated heterocycles. The molecule has 0 saturated carbocycles. The van der Waals surface area contributed by atoms with Crippen molar-refractivity contribution in [3.63, 3.8) is 0 Å². The average Bonchev–Trinajstić information content (AvgIpc) is 2.02. The van der Waals surface area contributed by atoms with Crippen LogP contribution in [0.2, 0.25) is 5.02 Å². The molecule has 3 heteroatoms. The second-order valence-electron chi connectivity index (χ2n) is 3.19. The van der Waals surface area contributed by atoms with Gasteiger partial charge in [0.1, 0.15) is 0 Å². The highest BCUT2D eigenvalue weighted by Crippen LogP contribution is 2.21. The minimum Gasteiger partial charge on any atom is -0.478 e. The Hall–Kier alpha value is -1.28. The molecule has 0 bridgehead atoms. The minimum absolute atomic E-state index is 0.313. The molecule has 0 aromatic heterocycles. The number of hydrogen-bond donors (Lipinski definition) is 1. The molecule has 0 radical (unpaired) electrons. The number of carboxylic acid groups (broad SMARTS) is 1. The Labute approximate surface area is 87.8 Å². The molecule has 0 unspecified atom stereocenters. The zero-order chi connectivity index (χ0) is 10.7. The van der Waals surface area contributed by atoms with Crippen molar-refractivity contribution < 1.29 is 9.90 Å². The van der Waals surface area contributed by atoms with Crippen LogP contribution in [0.3, 0.4) is 0 Å². The van der Waals surface area contributed by atoms with Gasteiger partial charge < -0.3 is 5.11 Å². The molecule has 0 heterocycles. The van der Waals surface area contributed by atoms with Gasteiger partial charge in [0.25, 0.3) is 0 Å². The van der Waals surface area contributed by atoms with Crippen LogP contribution in [0.15, 0.2) is 29.8 Å². The van der Waals surface area contributed by atoms with Gasteiger partial charge in [-0.3, -0.25) is 0 Å². The normalized spacial score (nSPS) is 9.64. The van der Waals surface area contributed by atoms with Crippen LogP contribution in [0, 0.1) is 0 Å². The lowest BCUT2D eigenvalue weighted by Crippen LogP contribution is -2.01. The molecule has 0 spiro atoms. The second-order valence-corrected chi connectivity index (χ2v) is 3.63. The van der Waals surface area contributed by atoms with E-state index in [0.717, 1.165) is 5.57 Å². The van der Waals surface area contributed by atoms with Gasteiger partial charge in [0.15, 0.2) is 0 Å². The topological polar surface area (TPSA) is 37.3 Å². The Morgan fingerprint density at radius 3 is 2.43 bits per heavy atom. The summed E-state index contributed by atoms with van der Waals surface area (Å²) in [6.07, 6.45) is 0. The molecule has 0 atom stereocenters. The summed E-state index contributed by atoms with van der Waals surface area (Å²) in [5.41, 5.74) is 1.72. The molecule has 0 amide bonds. The van der Waals surface area contributed by atoms with E-state index in [-0.39, 0.29) is 0 Å². The van der Waals surface area contributed by atoms with Crippen molar-refractivity contribution in [2.75, 3.05) is 0 Å². The van der Waals surface area contributed by atoms with Gasteiger partial charge in [-0.15, -0.1) is 0 Å². The predicted octanol–water partition coefficient (Wildman–Crippen LogP) is 3.22. The van der Waals surface area contributed by atoms with E-state index in [1.54, 1.807) is 38.1 Å². The third kappa shape index (κ3) is 2.36. The number of carbonyl (C=O) groups is 1. The maximum atomic E-state index is 11.0. The summed E-state index contributed by atoms with van der Waals surface area (Å²) in [4.78, 5) is 11.0. The Bertz CT molecular complexity index is 390. The van der Waals surface area contributed by atoms with E-state index in [2.05, 4.69) is 0 Å². The molecule has 1 aromatic rings. The van der Waals surface area contributed by atoms with Gasteiger partial charge >= 0.3 is 5.97 Å². The quantitative estimate of drug-likeness (QED) is 0.761. The number of halogens is 1. The number of allylic oxidation sites excluding steroid dienone is 1. The fourth-order valence-corrected chi connectivity index (χ4v) is 1.46. The van der Waals surface area contributed by atoms with Crippen molar-refractivity contribution in [1.29, 1.82) is 0 Å². The SMILES string of the molecule is CC(C)=C(C(=O)O)c1cccc(Cl)c1. The fourth-order valence-electron chi connectivity index (χ4n) is 1.27. The summed E-state index contributed by atoms with van der Waals surface area (Å²) < 4.78 is 0. The summed E-state index contributed by atoms with van der Waals surface area (Å²) in [5.74, 6) is -0.924. The van der Waals surface area contributed by atoms with E-state index in [9.17, 15) is 4.79 Å². The minimum atomic E-state index is -0.924. The zero-order valence-corrected chi connectivity index (χ0v) is 8.80. The molecule has 0 aliphatic heterocycles. The van der Waals surface area contributed by atoms with Gasteiger partial charge in [0.2, 0.25) is 0 Å². The summed E-state index contributed by atoms with van der Waals surface area (Å²) in [6.45, 7) is 3.54. The zero-order valence-electron chi connectivity index (χ0n) is 8.04. The van der Waals surface area contributed by atoms with Crippen molar-refractivity contribution in [2.45, 2.75) is 13.8 Å². The molecular formula is C11H11ClO2. The van der Waals surface area contributed by atoms with Crippen molar-refractivity contribution in [3.05, 3.63) is 40.4 Å². The molecule has 74 valence electrons. The molecule has 1 rings (SSSR count). The third-order valence-corrected chi connectivity index (χ3v) is 2.06. The van der Waals surface area contributed by atoms with Crippen LogP contribution in [0.4, 0.5) is 0 Å². The number of benzene rings is 1. The maximum Gasteiger partial charge on any atom is 0.336 e. The van der Waals surface area contributed by atoms with Crippen LogP contribution in [-0.2, 0) is 4.79 Å². The van der Waals surface area contributed by atoms with Crippen molar-refractivity contribution in [3.8, 4) is 0 Å². The number of carboxylic acids is 1. The highest BCUT2D eigenvalue weighted by molar-refractivity contribution is 6.31. The Balaban J connectivity index is 3.27. The first kappa shape index (κ1) is 10.8. The number of aliphatic carboxylic acids is 1. The van der Waals surface area contributed by atoms with Crippen molar-refractivity contribution in [1.82, 2.24) is 0 Å². The standard InChI is InChI=1S/C11H11ClO2/c1-7(2)10(11(13)14)8-4-3-5-9(12)6-8/h3-6H,1-2H3,(H,13,14). The van der Waals surface area contributed by atoms with Gasteiger partial charge in [0.05, 0.1) is 5.57 Å². The van der Waals surface area contributed by atoms with Crippen LogP contribution in [0.25, 0.3) is 5.57 Å². The summed E-state index contributed by atoms with van der Waals surface area (Å²) in [5, 5.41) is 9.53. The van der Waals surface area contributed by atoms with E-state index in [1.807, 2.05) is 0 Å². The first-order valence-electron chi connectivity index (χ1n) is 4.19. The summed E-state index contributed by atoms with van der Waals surface area (Å²) >= 11 is 5.78. The van der Waals surface area contributed by atoms with E-state index in [0.29, 0.717) is 16.2 Å². The predicted molar refractivity (Wildman–Crippen MR) is 57.4 cm³/mol. The highest BCUT2D eigenvalue weighted by atomic mass is 35.5. The summed E-state index contributed by atoms with van der Waals surface area (Å²) in [7, 11) is 0. The molecule has 0 aliphatic carbocycles. The monoisotopic (exact) mass is 210 g/mol. The van der Waals surface area contributed by atoms with Gasteiger partial charge in [0, 0.05) is 5.02 Å². The number of hydrogen-bond acceptors (Lipinski definition) is 1. The molecule has 0 fully saturated rings. The Morgan fingerprint density at radius 1 is 1.36 bits per heavy atom. The lowest BCUT2D eigenvalue weighted by atomic mass is 10.0.